The molecule has 0 amide bonds. The Morgan fingerprint density at radius 1 is 1.43 bits per heavy atom. The van der Waals surface area contributed by atoms with E-state index in [1.165, 1.54) is 25.9 Å². The van der Waals surface area contributed by atoms with Crippen molar-refractivity contribution in [1.29, 1.82) is 0 Å². The van der Waals surface area contributed by atoms with Gasteiger partial charge in [-0.3, -0.25) is 4.90 Å². The van der Waals surface area contributed by atoms with Gasteiger partial charge in [0.25, 0.3) is 0 Å². The van der Waals surface area contributed by atoms with Crippen LogP contribution in [0.25, 0.3) is 0 Å². The Balaban J connectivity index is 1.79. The van der Waals surface area contributed by atoms with E-state index < -0.39 is 0 Å². The fraction of sp³-hybridized carbons (Fsp3) is 1.00. The van der Waals surface area contributed by atoms with E-state index in [0.29, 0.717) is 5.41 Å². The van der Waals surface area contributed by atoms with Crippen LogP contribution in [0.5, 0.6) is 0 Å². The summed E-state index contributed by atoms with van der Waals surface area (Å²) in [4.78, 5) is 2.66. The monoisotopic (exact) mass is 194 g/mol. The molecule has 3 fully saturated rings. The van der Waals surface area contributed by atoms with Gasteiger partial charge in [0.1, 0.15) is 0 Å². The number of fused-ring (bicyclic) bond motifs is 5. The molecule has 0 radical (unpaired) electrons. The third-order valence-electron chi connectivity index (χ3n) is 5.01. The number of piperazine rings is 1. The minimum absolute atomic E-state index is 0.717. The summed E-state index contributed by atoms with van der Waals surface area (Å²) in [6, 6.07) is 2.35. The molecule has 2 nitrogen and oxygen atoms in total. The second-order valence-electron chi connectivity index (χ2n) is 5.77. The van der Waals surface area contributed by atoms with Crippen LogP contribution >= 0.6 is 0 Å². The molecule has 2 bridgehead atoms. The van der Waals surface area contributed by atoms with Crippen molar-refractivity contribution >= 4 is 0 Å². The SMILES string of the molecule is CCC12CC1C1CN(C(C)C)CC2N1. The number of piperidine rings is 1. The van der Waals surface area contributed by atoms with Gasteiger partial charge in [0.15, 0.2) is 0 Å². The van der Waals surface area contributed by atoms with Crippen molar-refractivity contribution in [1.82, 2.24) is 10.2 Å². The molecule has 2 saturated heterocycles. The molecule has 0 aromatic rings. The van der Waals surface area contributed by atoms with Gasteiger partial charge in [-0.15, -0.1) is 0 Å². The van der Waals surface area contributed by atoms with Gasteiger partial charge >= 0.3 is 0 Å². The zero-order valence-electron chi connectivity index (χ0n) is 9.59. The van der Waals surface area contributed by atoms with Crippen LogP contribution in [-0.2, 0) is 0 Å². The van der Waals surface area contributed by atoms with Gasteiger partial charge in [-0.2, -0.15) is 0 Å². The molecule has 1 saturated carbocycles. The van der Waals surface area contributed by atoms with E-state index in [1.54, 1.807) is 0 Å². The number of hydrogen-bond donors (Lipinski definition) is 1. The van der Waals surface area contributed by atoms with Gasteiger partial charge in [-0.1, -0.05) is 6.92 Å². The summed E-state index contributed by atoms with van der Waals surface area (Å²) >= 11 is 0. The number of nitrogens with one attached hydrogen (secondary N) is 1. The summed E-state index contributed by atoms with van der Waals surface area (Å²) < 4.78 is 0. The lowest BCUT2D eigenvalue weighted by molar-refractivity contribution is 0.130. The largest absolute Gasteiger partial charge is 0.308 e. The Hall–Kier alpha value is -0.0800. The Morgan fingerprint density at radius 2 is 2.21 bits per heavy atom. The van der Waals surface area contributed by atoms with Crippen molar-refractivity contribution < 1.29 is 0 Å². The highest BCUT2D eigenvalue weighted by molar-refractivity contribution is 5.21. The predicted molar refractivity (Wildman–Crippen MR) is 58.3 cm³/mol. The van der Waals surface area contributed by atoms with E-state index in [9.17, 15) is 0 Å². The van der Waals surface area contributed by atoms with E-state index in [0.717, 1.165) is 24.0 Å². The van der Waals surface area contributed by atoms with E-state index >= 15 is 0 Å². The van der Waals surface area contributed by atoms with Crippen molar-refractivity contribution in [2.45, 2.75) is 51.7 Å². The van der Waals surface area contributed by atoms with Crippen LogP contribution in [0.2, 0.25) is 0 Å². The van der Waals surface area contributed by atoms with Crippen LogP contribution in [0.3, 0.4) is 0 Å². The maximum atomic E-state index is 3.82. The first kappa shape index (κ1) is 9.17. The second-order valence-corrected chi connectivity index (χ2v) is 5.77. The molecule has 4 unspecified atom stereocenters. The Labute approximate surface area is 87.0 Å². The zero-order valence-corrected chi connectivity index (χ0v) is 9.59. The maximum Gasteiger partial charge on any atom is 0.0258 e. The molecule has 0 spiro atoms. The lowest BCUT2D eigenvalue weighted by Gasteiger charge is -2.39. The highest BCUT2D eigenvalue weighted by Crippen LogP contribution is 2.64. The van der Waals surface area contributed by atoms with Crippen LogP contribution < -0.4 is 5.32 Å². The fourth-order valence-electron chi connectivity index (χ4n) is 3.89. The van der Waals surface area contributed by atoms with Crippen molar-refractivity contribution in [3.8, 4) is 0 Å². The number of likely N-dealkylation sites (tertiary alicyclic amines) is 1. The molecule has 4 atom stereocenters. The first-order chi connectivity index (χ1) is 6.67. The summed E-state index contributed by atoms with van der Waals surface area (Å²) in [6.45, 7) is 9.62. The van der Waals surface area contributed by atoms with Crippen LogP contribution in [0.1, 0.15) is 33.6 Å². The zero-order chi connectivity index (χ0) is 9.92. The minimum atomic E-state index is 0.717. The molecule has 3 rings (SSSR count). The number of rotatable bonds is 2. The average Bonchev–Trinajstić information content (AvgIpc) is 2.88. The second kappa shape index (κ2) is 2.73. The van der Waals surface area contributed by atoms with E-state index in [-0.39, 0.29) is 0 Å². The van der Waals surface area contributed by atoms with Crippen LogP contribution in [0.15, 0.2) is 0 Å². The van der Waals surface area contributed by atoms with Gasteiger partial charge in [-0.25, -0.2) is 0 Å². The molecule has 0 aromatic heterocycles. The first-order valence-electron chi connectivity index (χ1n) is 6.17. The lowest BCUT2D eigenvalue weighted by Crippen LogP contribution is -2.56. The van der Waals surface area contributed by atoms with Crippen LogP contribution in [0, 0.1) is 11.3 Å². The van der Waals surface area contributed by atoms with Gasteiger partial charge in [-0.05, 0) is 38.0 Å². The summed E-state index contributed by atoms with van der Waals surface area (Å²) in [6.07, 6.45) is 2.90. The molecule has 14 heavy (non-hydrogen) atoms. The van der Waals surface area contributed by atoms with Gasteiger partial charge in [0.2, 0.25) is 0 Å². The summed E-state index contributed by atoms with van der Waals surface area (Å²) in [5, 5.41) is 3.82. The highest BCUT2D eigenvalue weighted by Gasteiger charge is 2.67. The Kier molecular flexibility index (Phi) is 1.79. The molecule has 0 aromatic carbocycles. The number of hydrogen-bond acceptors (Lipinski definition) is 2. The van der Waals surface area contributed by atoms with E-state index in [4.69, 9.17) is 0 Å². The Bertz CT molecular complexity index is 251. The minimum Gasteiger partial charge on any atom is -0.308 e. The third-order valence-corrected chi connectivity index (χ3v) is 5.01. The van der Waals surface area contributed by atoms with Gasteiger partial charge in [0.05, 0.1) is 0 Å². The molecule has 2 heteroatoms. The molecule has 2 aliphatic heterocycles. The third kappa shape index (κ3) is 0.989. The molecule has 80 valence electrons. The lowest BCUT2D eigenvalue weighted by atomic mass is 9.93. The first-order valence-corrected chi connectivity index (χ1v) is 6.17. The van der Waals surface area contributed by atoms with Gasteiger partial charge < -0.3 is 5.32 Å². The van der Waals surface area contributed by atoms with Crippen molar-refractivity contribution in [3.05, 3.63) is 0 Å². The topological polar surface area (TPSA) is 15.3 Å². The summed E-state index contributed by atoms with van der Waals surface area (Å²) in [5.74, 6) is 1.02. The van der Waals surface area contributed by atoms with Crippen molar-refractivity contribution in [3.63, 3.8) is 0 Å². The quantitative estimate of drug-likeness (QED) is 0.716. The molecule has 3 aliphatic rings. The number of nitrogens with zero attached hydrogens (tertiary/aromatic N) is 1. The summed E-state index contributed by atoms with van der Waals surface area (Å²) in [7, 11) is 0. The molecule has 1 N–H and O–H groups in total. The van der Waals surface area contributed by atoms with E-state index in [1.807, 2.05) is 0 Å². The summed E-state index contributed by atoms with van der Waals surface area (Å²) in [5.41, 5.74) is 0.717. The fourth-order valence-corrected chi connectivity index (χ4v) is 3.89. The predicted octanol–water partition coefficient (Wildman–Crippen LogP) is 1.47. The molecular formula is C12H22N2. The smallest absolute Gasteiger partial charge is 0.0258 e. The van der Waals surface area contributed by atoms with Gasteiger partial charge in [0, 0.05) is 31.2 Å². The molecule has 2 heterocycles. The molecular weight excluding hydrogens is 172 g/mol. The van der Waals surface area contributed by atoms with Crippen molar-refractivity contribution in [2.24, 2.45) is 11.3 Å². The maximum absolute atomic E-state index is 3.82. The van der Waals surface area contributed by atoms with E-state index in [2.05, 4.69) is 31.0 Å². The van der Waals surface area contributed by atoms with Crippen LogP contribution in [0.4, 0.5) is 0 Å². The standard InChI is InChI=1S/C12H22N2/c1-4-12-5-9(12)10-6-14(8(2)3)7-11(12)13-10/h8-11,13H,4-7H2,1-3H3. The van der Waals surface area contributed by atoms with Crippen LogP contribution in [-0.4, -0.2) is 36.1 Å². The van der Waals surface area contributed by atoms with Crippen molar-refractivity contribution in [2.75, 3.05) is 13.1 Å². The average molecular weight is 194 g/mol. The highest BCUT2D eigenvalue weighted by atomic mass is 15.3. The normalized spacial score (nSPS) is 51.0. The molecule has 1 aliphatic carbocycles. The Morgan fingerprint density at radius 3 is 2.86 bits per heavy atom.